The molecule has 0 N–H and O–H groups in total. The van der Waals surface area contributed by atoms with Gasteiger partial charge >= 0.3 is 5.97 Å². The van der Waals surface area contributed by atoms with Gasteiger partial charge in [0.05, 0.1) is 10.6 Å². The monoisotopic (exact) mass is 380 g/mol. The van der Waals surface area contributed by atoms with Gasteiger partial charge in [-0.15, -0.1) is 0 Å². The van der Waals surface area contributed by atoms with Crippen LogP contribution in [-0.2, 0) is 4.74 Å². The molecule has 4 aliphatic rings. The summed E-state index contributed by atoms with van der Waals surface area (Å²) >= 11 is 6.33. The van der Waals surface area contributed by atoms with Crippen molar-refractivity contribution in [2.45, 2.75) is 64.6 Å². The van der Waals surface area contributed by atoms with E-state index in [1.54, 1.807) is 20.8 Å². The molecule has 0 amide bonds. The Balaban J connectivity index is 1.53. The van der Waals surface area contributed by atoms with E-state index in [1.807, 2.05) is 0 Å². The second-order valence-corrected chi connectivity index (χ2v) is 9.68. The van der Waals surface area contributed by atoms with Crippen LogP contribution in [0.1, 0.15) is 63.2 Å². The molecule has 0 heterocycles. The summed E-state index contributed by atoms with van der Waals surface area (Å²) in [6.45, 7) is 5.23. The van der Waals surface area contributed by atoms with Gasteiger partial charge in [0.25, 0.3) is 0 Å². The van der Waals surface area contributed by atoms with E-state index in [4.69, 9.17) is 21.1 Å². The van der Waals surface area contributed by atoms with E-state index in [9.17, 15) is 9.18 Å². The predicted molar refractivity (Wildman–Crippen MR) is 98.0 cm³/mol. The third-order valence-corrected chi connectivity index (χ3v) is 6.34. The van der Waals surface area contributed by atoms with Crippen molar-refractivity contribution in [1.29, 1.82) is 0 Å². The molecule has 1 aromatic rings. The van der Waals surface area contributed by atoms with Crippen LogP contribution >= 0.6 is 11.6 Å². The number of esters is 1. The molecule has 4 aliphatic carbocycles. The van der Waals surface area contributed by atoms with Crippen molar-refractivity contribution >= 4 is 17.6 Å². The summed E-state index contributed by atoms with van der Waals surface area (Å²) < 4.78 is 26.0. The van der Waals surface area contributed by atoms with Crippen LogP contribution in [-0.4, -0.2) is 17.7 Å². The molecular weight excluding hydrogens is 355 g/mol. The Hall–Kier alpha value is -1.29. The summed E-state index contributed by atoms with van der Waals surface area (Å²) in [5, 5.41) is 0.265. The number of ether oxygens (including phenoxy) is 2. The molecule has 0 spiro atoms. The van der Waals surface area contributed by atoms with Crippen molar-refractivity contribution in [1.82, 2.24) is 0 Å². The molecule has 0 atom stereocenters. The van der Waals surface area contributed by atoms with Crippen LogP contribution in [0, 0.1) is 29.5 Å². The molecule has 0 saturated heterocycles. The fraction of sp³-hybridized carbons (Fsp3) is 0.667. The summed E-state index contributed by atoms with van der Waals surface area (Å²) in [5.41, 5.74) is -0.840. The lowest BCUT2D eigenvalue weighted by Crippen LogP contribution is -2.50. The van der Waals surface area contributed by atoms with Crippen LogP contribution in [0.25, 0.3) is 0 Å². The van der Waals surface area contributed by atoms with Gasteiger partial charge in [0.2, 0.25) is 0 Å². The summed E-state index contributed by atoms with van der Waals surface area (Å²) in [4.78, 5) is 12.2. The Morgan fingerprint density at radius 1 is 1.08 bits per heavy atom. The lowest BCUT2D eigenvalue weighted by molar-refractivity contribution is -0.0790. The zero-order valence-electron chi connectivity index (χ0n) is 15.6. The van der Waals surface area contributed by atoms with Gasteiger partial charge in [-0.3, -0.25) is 0 Å². The Labute approximate surface area is 159 Å². The SMILES string of the molecule is CC(C)(C)OC(=O)c1cc(Cl)c(OC2C3CC4CC(C3)CC2C4)cc1F. The molecule has 1 aromatic carbocycles. The van der Waals surface area contributed by atoms with Crippen LogP contribution in [0.4, 0.5) is 4.39 Å². The largest absolute Gasteiger partial charge is 0.488 e. The highest BCUT2D eigenvalue weighted by Crippen LogP contribution is 2.55. The molecule has 142 valence electrons. The summed E-state index contributed by atoms with van der Waals surface area (Å²) in [6, 6.07) is 2.57. The first kappa shape index (κ1) is 18.1. The summed E-state index contributed by atoms with van der Waals surface area (Å²) in [6.07, 6.45) is 6.36. The number of carbonyl (C=O) groups excluding carboxylic acids is 1. The van der Waals surface area contributed by atoms with Gasteiger partial charge in [0.1, 0.15) is 23.3 Å². The van der Waals surface area contributed by atoms with Gasteiger partial charge in [-0.05, 0) is 82.6 Å². The Kier molecular flexibility index (Phi) is 4.45. The standard InChI is InChI=1S/C21H26ClFO3/c1-21(2,3)26-20(24)15-9-16(22)18(10-17(15)23)25-19-13-5-11-4-12(7-13)8-14(19)6-11/h9-14,19H,4-8H2,1-3H3. The maximum Gasteiger partial charge on any atom is 0.341 e. The highest BCUT2D eigenvalue weighted by atomic mass is 35.5. The van der Waals surface area contributed by atoms with Gasteiger partial charge in [-0.25, -0.2) is 9.18 Å². The number of halogens is 2. The topological polar surface area (TPSA) is 35.5 Å². The zero-order chi connectivity index (χ0) is 18.6. The van der Waals surface area contributed by atoms with E-state index in [-0.39, 0.29) is 16.7 Å². The van der Waals surface area contributed by atoms with E-state index in [0.717, 1.165) is 11.8 Å². The first-order valence-electron chi connectivity index (χ1n) is 9.58. The molecule has 4 saturated carbocycles. The van der Waals surface area contributed by atoms with E-state index in [1.165, 1.54) is 44.2 Å². The van der Waals surface area contributed by atoms with Crippen molar-refractivity contribution in [3.8, 4) is 5.75 Å². The molecule has 0 unspecified atom stereocenters. The molecule has 3 nitrogen and oxygen atoms in total. The first-order chi connectivity index (χ1) is 12.2. The number of hydrogen-bond donors (Lipinski definition) is 0. The second-order valence-electron chi connectivity index (χ2n) is 9.28. The van der Waals surface area contributed by atoms with Crippen LogP contribution in [0.2, 0.25) is 5.02 Å². The quantitative estimate of drug-likeness (QED) is 0.637. The van der Waals surface area contributed by atoms with Crippen molar-refractivity contribution < 1.29 is 18.7 Å². The molecule has 4 bridgehead atoms. The minimum atomic E-state index is -0.710. The van der Waals surface area contributed by atoms with E-state index in [2.05, 4.69) is 0 Å². The maximum atomic E-state index is 14.5. The molecule has 5 rings (SSSR count). The van der Waals surface area contributed by atoms with Crippen LogP contribution in [0.3, 0.4) is 0 Å². The average Bonchev–Trinajstić information content (AvgIpc) is 2.51. The molecule has 0 aromatic heterocycles. The van der Waals surface area contributed by atoms with Gasteiger partial charge in [-0.2, -0.15) is 0 Å². The fourth-order valence-corrected chi connectivity index (χ4v) is 5.53. The van der Waals surface area contributed by atoms with Gasteiger partial charge in [0.15, 0.2) is 0 Å². The third kappa shape index (κ3) is 3.45. The highest BCUT2D eigenvalue weighted by Gasteiger charge is 2.49. The van der Waals surface area contributed by atoms with Crippen molar-refractivity contribution in [3.63, 3.8) is 0 Å². The number of carbonyl (C=O) groups is 1. The van der Waals surface area contributed by atoms with Crippen molar-refractivity contribution in [3.05, 3.63) is 28.5 Å². The van der Waals surface area contributed by atoms with Gasteiger partial charge in [0, 0.05) is 6.07 Å². The molecular formula is C21H26ClFO3. The second kappa shape index (κ2) is 6.40. The smallest absolute Gasteiger partial charge is 0.341 e. The lowest BCUT2D eigenvalue weighted by atomic mass is 9.55. The summed E-state index contributed by atoms with van der Waals surface area (Å²) in [5.74, 6) is 1.78. The van der Waals surface area contributed by atoms with E-state index >= 15 is 0 Å². The third-order valence-electron chi connectivity index (χ3n) is 6.04. The molecule has 0 aliphatic heterocycles. The van der Waals surface area contributed by atoms with E-state index in [0.29, 0.717) is 17.6 Å². The van der Waals surface area contributed by atoms with Crippen LogP contribution in [0.5, 0.6) is 5.75 Å². The maximum absolute atomic E-state index is 14.5. The Morgan fingerprint density at radius 2 is 1.65 bits per heavy atom. The van der Waals surface area contributed by atoms with Crippen molar-refractivity contribution in [2.75, 3.05) is 0 Å². The fourth-order valence-electron chi connectivity index (χ4n) is 5.32. The Morgan fingerprint density at radius 3 is 2.19 bits per heavy atom. The van der Waals surface area contributed by atoms with Crippen LogP contribution < -0.4 is 4.74 Å². The Bertz CT molecular complexity index is 697. The minimum absolute atomic E-state index is 0.118. The zero-order valence-corrected chi connectivity index (χ0v) is 16.3. The molecule has 26 heavy (non-hydrogen) atoms. The highest BCUT2D eigenvalue weighted by molar-refractivity contribution is 6.32. The van der Waals surface area contributed by atoms with Gasteiger partial charge in [-0.1, -0.05) is 11.6 Å². The average molecular weight is 381 g/mol. The van der Waals surface area contributed by atoms with E-state index < -0.39 is 17.4 Å². The molecule has 0 radical (unpaired) electrons. The number of benzene rings is 1. The number of rotatable bonds is 3. The lowest BCUT2D eigenvalue weighted by Gasteiger charge is -2.53. The predicted octanol–water partition coefficient (Wildman–Crippen LogP) is 5.64. The minimum Gasteiger partial charge on any atom is -0.488 e. The normalized spacial score (nSPS) is 32.6. The first-order valence-corrected chi connectivity index (χ1v) is 9.96. The van der Waals surface area contributed by atoms with Crippen molar-refractivity contribution in [2.24, 2.45) is 23.7 Å². The summed E-state index contributed by atoms with van der Waals surface area (Å²) in [7, 11) is 0. The van der Waals surface area contributed by atoms with Gasteiger partial charge < -0.3 is 9.47 Å². The molecule has 5 heteroatoms. The number of hydrogen-bond acceptors (Lipinski definition) is 3. The van der Waals surface area contributed by atoms with Crippen LogP contribution in [0.15, 0.2) is 12.1 Å². The molecule has 4 fully saturated rings.